The van der Waals surface area contributed by atoms with Crippen LogP contribution in [0.15, 0.2) is 17.5 Å². The summed E-state index contributed by atoms with van der Waals surface area (Å²) in [5, 5.41) is 15.8. The maximum atomic E-state index is 12.5. The number of carbonyl (C=O) groups excluding carboxylic acids is 1. The molecule has 2 unspecified atom stereocenters. The first-order chi connectivity index (χ1) is 10.9. The molecule has 2 atom stereocenters. The topological polar surface area (TPSA) is 75.4 Å². The summed E-state index contributed by atoms with van der Waals surface area (Å²) in [6.45, 7) is 4.28. The van der Waals surface area contributed by atoms with Crippen molar-refractivity contribution in [3.8, 4) is 0 Å². The van der Waals surface area contributed by atoms with Gasteiger partial charge >= 0.3 is 5.97 Å². The third-order valence-corrected chi connectivity index (χ3v) is 5.51. The minimum Gasteiger partial charge on any atom is -0.481 e. The number of carboxylic acid groups (broad SMARTS) is 1. The monoisotopic (exact) mass is 333 g/mol. The number of amides is 1. The summed E-state index contributed by atoms with van der Waals surface area (Å²) in [7, 11) is 1.87. The molecule has 3 rings (SSSR count). The second-order valence-electron chi connectivity index (χ2n) is 5.90. The second-order valence-corrected chi connectivity index (χ2v) is 6.88. The normalized spacial score (nSPS) is 21.2. The molecule has 1 saturated heterocycles. The van der Waals surface area contributed by atoms with Gasteiger partial charge in [0.15, 0.2) is 0 Å². The molecule has 1 amide bonds. The zero-order valence-electron chi connectivity index (χ0n) is 13.3. The Morgan fingerprint density at radius 2 is 2.22 bits per heavy atom. The van der Waals surface area contributed by atoms with Crippen molar-refractivity contribution < 1.29 is 14.7 Å². The first-order valence-electron chi connectivity index (χ1n) is 7.45. The van der Waals surface area contributed by atoms with Crippen molar-refractivity contribution in [2.75, 3.05) is 0 Å². The van der Waals surface area contributed by atoms with Gasteiger partial charge in [-0.15, -0.1) is 11.3 Å². The van der Waals surface area contributed by atoms with Gasteiger partial charge in [0.1, 0.15) is 0 Å². The third kappa shape index (κ3) is 2.65. The summed E-state index contributed by atoms with van der Waals surface area (Å²) < 4.78 is 1.79. The van der Waals surface area contributed by atoms with Gasteiger partial charge < -0.3 is 10.0 Å². The largest absolute Gasteiger partial charge is 0.481 e. The van der Waals surface area contributed by atoms with Gasteiger partial charge in [-0.1, -0.05) is 6.07 Å². The van der Waals surface area contributed by atoms with Gasteiger partial charge in [0.25, 0.3) is 0 Å². The minimum absolute atomic E-state index is 0.0518. The van der Waals surface area contributed by atoms with Gasteiger partial charge in [0.2, 0.25) is 5.91 Å². The molecule has 1 aliphatic rings. The Labute approximate surface area is 138 Å². The van der Waals surface area contributed by atoms with E-state index in [9.17, 15) is 14.7 Å². The van der Waals surface area contributed by atoms with E-state index in [-0.39, 0.29) is 12.3 Å². The van der Waals surface area contributed by atoms with Crippen LogP contribution in [0.1, 0.15) is 34.3 Å². The number of carbonyl (C=O) groups is 2. The van der Waals surface area contributed by atoms with E-state index in [1.54, 1.807) is 9.58 Å². The van der Waals surface area contributed by atoms with Gasteiger partial charge in [0, 0.05) is 36.1 Å². The van der Waals surface area contributed by atoms with Crippen molar-refractivity contribution in [3.05, 3.63) is 39.3 Å². The van der Waals surface area contributed by atoms with Gasteiger partial charge in [-0.05, 0) is 25.3 Å². The van der Waals surface area contributed by atoms with Crippen molar-refractivity contribution in [1.29, 1.82) is 0 Å². The summed E-state index contributed by atoms with van der Waals surface area (Å²) in [6.07, 6.45) is 0.0518. The number of hydrogen-bond donors (Lipinski definition) is 1. The molecule has 122 valence electrons. The van der Waals surface area contributed by atoms with E-state index >= 15 is 0 Å². The quantitative estimate of drug-likeness (QED) is 0.931. The molecule has 0 spiro atoms. The van der Waals surface area contributed by atoms with Crippen LogP contribution in [0.2, 0.25) is 0 Å². The molecule has 2 aromatic heterocycles. The number of nitrogens with zero attached hydrogens (tertiary/aromatic N) is 3. The standard InChI is InChI=1S/C16H19N3O3S/c1-9-12(10(2)18(3)17-9)8-19-14(20)7-11(16(21)22)15(19)13-5-4-6-23-13/h4-6,11,15H,7-8H2,1-3H3,(H,21,22). The SMILES string of the molecule is Cc1nn(C)c(C)c1CN1C(=O)CC(C(=O)O)C1c1cccs1. The lowest BCUT2D eigenvalue weighted by atomic mass is 9.99. The van der Waals surface area contributed by atoms with Crippen molar-refractivity contribution in [3.63, 3.8) is 0 Å². The third-order valence-electron chi connectivity index (χ3n) is 4.57. The van der Waals surface area contributed by atoms with Crippen LogP contribution < -0.4 is 0 Å². The second kappa shape index (κ2) is 5.81. The zero-order valence-corrected chi connectivity index (χ0v) is 14.1. The lowest BCUT2D eigenvalue weighted by Gasteiger charge is -2.26. The van der Waals surface area contributed by atoms with Crippen LogP contribution in [0.3, 0.4) is 0 Å². The summed E-state index contributed by atoms with van der Waals surface area (Å²) in [5.74, 6) is -1.73. The molecule has 3 heterocycles. The van der Waals surface area contributed by atoms with Gasteiger partial charge in [0.05, 0.1) is 17.7 Å². The summed E-state index contributed by atoms with van der Waals surface area (Å²) in [4.78, 5) is 26.7. The molecule has 0 saturated carbocycles. The van der Waals surface area contributed by atoms with Crippen LogP contribution in [0, 0.1) is 19.8 Å². The van der Waals surface area contributed by atoms with Crippen LogP contribution in [-0.2, 0) is 23.2 Å². The Balaban J connectivity index is 1.98. The molecule has 7 heteroatoms. The van der Waals surface area contributed by atoms with Crippen LogP contribution >= 0.6 is 11.3 Å². The average molecular weight is 333 g/mol. The first kappa shape index (κ1) is 15.7. The van der Waals surface area contributed by atoms with E-state index < -0.39 is 17.9 Å². The number of aromatic nitrogens is 2. The van der Waals surface area contributed by atoms with Crippen molar-refractivity contribution in [1.82, 2.24) is 14.7 Å². The molecule has 23 heavy (non-hydrogen) atoms. The van der Waals surface area contributed by atoms with E-state index in [4.69, 9.17) is 0 Å². The molecule has 0 aliphatic carbocycles. The Bertz CT molecular complexity index is 751. The van der Waals surface area contributed by atoms with Crippen LogP contribution in [0.5, 0.6) is 0 Å². The predicted molar refractivity (Wildman–Crippen MR) is 86.0 cm³/mol. The van der Waals surface area contributed by atoms with E-state index in [0.717, 1.165) is 21.8 Å². The Kier molecular flexibility index (Phi) is 3.97. The summed E-state index contributed by atoms with van der Waals surface area (Å²) in [5.41, 5.74) is 2.87. The predicted octanol–water partition coefficient (Wildman–Crippen LogP) is 2.27. The number of thiophene rings is 1. The zero-order chi connectivity index (χ0) is 16.7. The van der Waals surface area contributed by atoms with E-state index in [1.807, 2.05) is 38.4 Å². The highest BCUT2D eigenvalue weighted by Crippen LogP contribution is 2.41. The molecular weight excluding hydrogens is 314 g/mol. The van der Waals surface area contributed by atoms with Crippen molar-refractivity contribution >= 4 is 23.2 Å². The molecule has 6 nitrogen and oxygen atoms in total. The lowest BCUT2D eigenvalue weighted by molar-refractivity contribution is -0.142. The highest BCUT2D eigenvalue weighted by Gasteiger charge is 2.45. The van der Waals surface area contributed by atoms with Gasteiger partial charge in [-0.2, -0.15) is 5.10 Å². The fourth-order valence-corrected chi connectivity index (χ4v) is 4.13. The number of carboxylic acids is 1. The van der Waals surface area contributed by atoms with E-state index in [1.165, 1.54) is 11.3 Å². The van der Waals surface area contributed by atoms with E-state index in [2.05, 4.69) is 5.10 Å². The summed E-state index contributed by atoms with van der Waals surface area (Å²) >= 11 is 1.49. The van der Waals surface area contributed by atoms with Crippen LogP contribution in [-0.4, -0.2) is 31.7 Å². The van der Waals surface area contributed by atoms with Crippen molar-refractivity contribution in [2.24, 2.45) is 13.0 Å². The van der Waals surface area contributed by atoms with Crippen molar-refractivity contribution in [2.45, 2.75) is 32.9 Å². The highest BCUT2D eigenvalue weighted by atomic mass is 32.1. The smallest absolute Gasteiger partial charge is 0.309 e. The summed E-state index contributed by atoms with van der Waals surface area (Å²) in [6, 6.07) is 3.39. The molecule has 2 aromatic rings. The Morgan fingerprint density at radius 3 is 2.74 bits per heavy atom. The number of aryl methyl sites for hydroxylation is 2. The molecule has 0 aromatic carbocycles. The maximum Gasteiger partial charge on any atom is 0.309 e. The number of aliphatic carboxylic acids is 1. The maximum absolute atomic E-state index is 12.5. The molecule has 0 radical (unpaired) electrons. The molecule has 1 N–H and O–H groups in total. The molecule has 1 fully saturated rings. The first-order valence-corrected chi connectivity index (χ1v) is 8.33. The highest BCUT2D eigenvalue weighted by molar-refractivity contribution is 7.10. The minimum atomic E-state index is -0.918. The Hall–Kier alpha value is -2.15. The number of hydrogen-bond acceptors (Lipinski definition) is 4. The van der Waals surface area contributed by atoms with Gasteiger partial charge in [-0.25, -0.2) is 0 Å². The molecule has 0 bridgehead atoms. The average Bonchev–Trinajstić information content (AvgIpc) is 3.16. The fraction of sp³-hybridized carbons (Fsp3) is 0.438. The van der Waals surface area contributed by atoms with Crippen LogP contribution in [0.4, 0.5) is 0 Å². The molecule has 1 aliphatic heterocycles. The van der Waals surface area contributed by atoms with Gasteiger partial charge in [-0.3, -0.25) is 14.3 Å². The molecular formula is C16H19N3O3S. The van der Waals surface area contributed by atoms with E-state index in [0.29, 0.717) is 6.54 Å². The van der Waals surface area contributed by atoms with Crippen LogP contribution in [0.25, 0.3) is 0 Å². The number of rotatable bonds is 4. The number of likely N-dealkylation sites (tertiary alicyclic amines) is 1. The lowest BCUT2D eigenvalue weighted by Crippen LogP contribution is -2.30. The fourth-order valence-electron chi connectivity index (χ4n) is 3.23. The Morgan fingerprint density at radius 1 is 1.48 bits per heavy atom.